The molecule has 1 N–H and O–H groups in total. The van der Waals surface area contributed by atoms with Crippen LogP contribution in [0.1, 0.15) is 31.2 Å². The summed E-state index contributed by atoms with van der Waals surface area (Å²) in [5, 5.41) is 3.15. The predicted molar refractivity (Wildman–Crippen MR) is 96.5 cm³/mol. The van der Waals surface area contributed by atoms with E-state index in [0.29, 0.717) is 18.8 Å². The maximum Gasteiger partial charge on any atom is 0.573 e. The van der Waals surface area contributed by atoms with Gasteiger partial charge in [0.15, 0.2) is 0 Å². The standard InChI is InChI=1S/C18H25F3N2O2.ClH/c1-22-11-8-15-9-12-23(13-10-15)17(24)7-4-14-2-5-16(6-3-14)25-18(19,20)21;/h2-3,5-6,15,22H,4,7-13H2,1H3;1H. The number of hydrogen-bond acceptors (Lipinski definition) is 3. The zero-order valence-corrected chi connectivity index (χ0v) is 15.7. The molecule has 0 spiro atoms. The Morgan fingerprint density at radius 2 is 1.85 bits per heavy atom. The van der Waals surface area contributed by atoms with Gasteiger partial charge in [0.25, 0.3) is 0 Å². The zero-order chi connectivity index (χ0) is 18.3. The fraction of sp³-hybridized carbons (Fsp3) is 0.611. The molecule has 0 radical (unpaired) electrons. The molecule has 0 bridgehead atoms. The Morgan fingerprint density at radius 3 is 2.38 bits per heavy atom. The number of halogens is 4. The van der Waals surface area contributed by atoms with E-state index in [1.807, 2.05) is 11.9 Å². The number of benzene rings is 1. The van der Waals surface area contributed by atoms with Gasteiger partial charge in [-0.05, 0) is 62.9 Å². The summed E-state index contributed by atoms with van der Waals surface area (Å²) in [6.45, 7) is 2.60. The molecule has 1 heterocycles. The smallest absolute Gasteiger partial charge is 0.406 e. The highest BCUT2D eigenvalue weighted by molar-refractivity contribution is 5.85. The van der Waals surface area contributed by atoms with Crippen LogP contribution in [0.15, 0.2) is 24.3 Å². The quantitative estimate of drug-likeness (QED) is 0.765. The van der Waals surface area contributed by atoms with Crippen molar-refractivity contribution in [3.63, 3.8) is 0 Å². The maximum absolute atomic E-state index is 12.3. The van der Waals surface area contributed by atoms with Gasteiger partial charge in [0.1, 0.15) is 5.75 Å². The lowest BCUT2D eigenvalue weighted by molar-refractivity contribution is -0.274. The lowest BCUT2D eigenvalue weighted by Gasteiger charge is -2.32. The van der Waals surface area contributed by atoms with E-state index in [0.717, 1.165) is 44.5 Å². The van der Waals surface area contributed by atoms with E-state index in [1.165, 1.54) is 12.1 Å². The Morgan fingerprint density at radius 1 is 1.23 bits per heavy atom. The van der Waals surface area contributed by atoms with Crippen LogP contribution in [-0.4, -0.2) is 43.9 Å². The molecule has 8 heteroatoms. The minimum Gasteiger partial charge on any atom is -0.406 e. The highest BCUT2D eigenvalue weighted by atomic mass is 35.5. The van der Waals surface area contributed by atoms with Crippen molar-refractivity contribution in [2.75, 3.05) is 26.7 Å². The highest BCUT2D eigenvalue weighted by Gasteiger charge is 2.31. The normalized spacial score (nSPS) is 15.5. The Balaban J connectivity index is 0.00000338. The minimum atomic E-state index is -4.68. The topological polar surface area (TPSA) is 41.6 Å². The summed E-state index contributed by atoms with van der Waals surface area (Å²) in [6.07, 6.45) is -0.569. The SMILES string of the molecule is CNCCC1CCN(C(=O)CCc2ccc(OC(F)(F)F)cc2)CC1.Cl. The lowest BCUT2D eigenvalue weighted by Crippen LogP contribution is -2.39. The van der Waals surface area contributed by atoms with Gasteiger partial charge in [-0.3, -0.25) is 4.79 Å². The number of hydrogen-bond donors (Lipinski definition) is 1. The maximum atomic E-state index is 12.3. The van der Waals surface area contributed by atoms with Crippen molar-refractivity contribution in [1.29, 1.82) is 0 Å². The molecule has 1 aromatic rings. The molecule has 0 aliphatic carbocycles. The van der Waals surface area contributed by atoms with Crippen molar-refractivity contribution in [1.82, 2.24) is 10.2 Å². The number of amides is 1. The summed E-state index contributed by atoms with van der Waals surface area (Å²) in [7, 11) is 1.94. The van der Waals surface area contributed by atoms with E-state index in [-0.39, 0.29) is 24.1 Å². The molecule has 4 nitrogen and oxygen atoms in total. The molecule has 1 aliphatic rings. The van der Waals surface area contributed by atoms with Crippen molar-refractivity contribution in [3.8, 4) is 5.75 Å². The third kappa shape index (κ3) is 7.83. The second-order valence-electron chi connectivity index (χ2n) is 6.41. The van der Waals surface area contributed by atoms with Gasteiger partial charge in [0.2, 0.25) is 5.91 Å². The van der Waals surface area contributed by atoms with E-state index in [1.54, 1.807) is 12.1 Å². The molecule has 2 rings (SSSR count). The van der Waals surface area contributed by atoms with Gasteiger partial charge in [-0.15, -0.1) is 25.6 Å². The molecule has 1 aliphatic heterocycles. The van der Waals surface area contributed by atoms with Crippen LogP contribution in [0.4, 0.5) is 13.2 Å². The van der Waals surface area contributed by atoms with Crippen LogP contribution in [0.25, 0.3) is 0 Å². The number of carbonyl (C=O) groups is 1. The van der Waals surface area contributed by atoms with Crippen molar-refractivity contribution in [2.24, 2.45) is 5.92 Å². The molecule has 0 aromatic heterocycles. The van der Waals surface area contributed by atoms with Crippen LogP contribution < -0.4 is 10.1 Å². The minimum absolute atomic E-state index is 0. The van der Waals surface area contributed by atoms with Crippen LogP contribution in [0.5, 0.6) is 5.75 Å². The molecule has 1 saturated heterocycles. The van der Waals surface area contributed by atoms with Gasteiger partial charge in [-0.1, -0.05) is 12.1 Å². The molecular weight excluding hydrogens is 369 g/mol. The largest absolute Gasteiger partial charge is 0.573 e. The number of alkyl halides is 3. The summed E-state index contributed by atoms with van der Waals surface area (Å²) in [5.41, 5.74) is 0.826. The predicted octanol–water partition coefficient (Wildman–Crippen LogP) is 3.79. The summed E-state index contributed by atoms with van der Waals surface area (Å²) in [4.78, 5) is 14.2. The van der Waals surface area contributed by atoms with Gasteiger partial charge < -0.3 is 15.0 Å². The first-order chi connectivity index (χ1) is 11.9. The first-order valence-electron chi connectivity index (χ1n) is 8.64. The van der Waals surface area contributed by atoms with E-state index < -0.39 is 6.36 Å². The van der Waals surface area contributed by atoms with Crippen LogP contribution >= 0.6 is 12.4 Å². The highest BCUT2D eigenvalue weighted by Crippen LogP contribution is 2.24. The van der Waals surface area contributed by atoms with Crippen LogP contribution in [0, 0.1) is 5.92 Å². The molecule has 1 amide bonds. The van der Waals surface area contributed by atoms with Gasteiger partial charge in [0, 0.05) is 19.5 Å². The second kappa shape index (κ2) is 10.6. The number of carbonyl (C=O) groups excluding carboxylic acids is 1. The summed E-state index contributed by atoms with van der Waals surface area (Å²) < 4.78 is 40.2. The molecule has 1 fully saturated rings. The first kappa shape index (κ1) is 22.6. The Bertz CT molecular complexity index is 544. The van der Waals surface area contributed by atoms with Gasteiger partial charge in [-0.25, -0.2) is 0 Å². The van der Waals surface area contributed by atoms with E-state index in [9.17, 15) is 18.0 Å². The summed E-state index contributed by atoms with van der Waals surface area (Å²) in [5.74, 6) is 0.548. The fourth-order valence-electron chi connectivity index (χ4n) is 3.09. The van der Waals surface area contributed by atoms with Crippen LogP contribution in [0.3, 0.4) is 0 Å². The first-order valence-corrected chi connectivity index (χ1v) is 8.64. The van der Waals surface area contributed by atoms with Crippen molar-refractivity contribution in [2.45, 2.75) is 38.5 Å². The molecule has 0 saturated carbocycles. The molecule has 0 unspecified atom stereocenters. The van der Waals surface area contributed by atoms with Crippen molar-refractivity contribution in [3.05, 3.63) is 29.8 Å². The third-order valence-electron chi connectivity index (χ3n) is 4.55. The fourth-order valence-corrected chi connectivity index (χ4v) is 3.09. The summed E-state index contributed by atoms with van der Waals surface area (Å²) in [6, 6.07) is 5.69. The van der Waals surface area contributed by atoms with Crippen LogP contribution in [0.2, 0.25) is 0 Å². The molecule has 148 valence electrons. The number of rotatable bonds is 7. The number of likely N-dealkylation sites (tertiary alicyclic amines) is 1. The Kier molecular flexibility index (Phi) is 9.22. The second-order valence-corrected chi connectivity index (χ2v) is 6.41. The number of aryl methyl sites for hydroxylation is 1. The monoisotopic (exact) mass is 394 g/mol. The molecule has 26 heavy (non-hydrogen) atoms. The van der Waals surface area contributed by atoms with Gasteiger partial charge >= 0.3 is 6.36 Å². The molecule has 0 atom stereocenters. The number of nitrogens with one attached hydrogen (secondary N) is 1. The Labute approximate surface area is 158 Å². The van der Waals surface area contributed by atoms with Crippen LogP contribution in [-0.2, 0) is 11.2 Å². The van der Waals surface area contributed by atoms with E-state index in [4.69, 9.17) is 0 Å². The van der Waals surface area contributed by atoms with Crippen molar-refractivity contribution < 1.29 is 22.7 Å². The Hall–Kier alpha value is -1.47. The average Bonchev–Trinajstić information content (AvgIpc) is 2.58. The number of ether oxygens (including phenoxy) is 1. The molecular formula is C18H26ClF3N2O2. The average molecular weight is 395 g/mol. The number of nitrogens with zero attached hydrogens (tertiary/aromatic N) is 1. The van der Waals surface area contributed by atoms with E-state index in [2.05, 4.69) is 10.1 Å². The zero-order valence-electron chi connectivity index (χ0n) is 14.8. The summed E-state index contributed by atoms with van der Waals surface area (Å²) >= 11 is 0. The number of piperidine rings is 1. The molecule has 1 aromatic carbocycles. The van der Waals surface area contributed by atoms with Gasteiger partial charge in [0.05, 0.1) is 0 Å². The van der Waals surface area contributed by atoms with E-state index >= 15 is 0 Å². The van der Waals surface area contributed by atoms with Gasteiger partial charge in [-0.2, -0.15) is 0 Å². The lowest BCUT2D eigenvalue weighted by atomic mass is 9.93. The van der Waals surface area contributed by atoms with Crippen molar-refractivity contribution >= 4 is 18.3 Å². The third-order valence-corrected chi connectivity index (χ3v) is 4.55.